The van der Waals surface area contributed by atoms with Crippen molar-refractivity contribution in [1.82, 2.24) is 10.2 Å². The molecule has 2 aromatic carbocycles. The molecular formula is C29H30N6O7S. The Morgan fingerprint density at radius 2 is 1.77 bits per heavy atom. The molecule has 13 nitrogen and oxygen atoms in total. The second kappa shape index (κ2) is 13.7. The number of methoxy groups -OCH3 is 1. The molecule has 43 heavy (non-hydrogen) atoms. The third-order valence-corrected chi connectivity index (χ3v) is 8.03. The van der Waals surface area contributed by atoms with E-state index >= 15 is 0 Å². The Bertz CT molecular complexity index is 1570. The molecule has 0 fully saturated rings. The minimum atomic E-state index is -1.75. The second-order valence-electron chi connectivity index (χ2n) is 9.56. The Kier molecular flexibility index (Phi) is 9.85. The van der Waals surface area contributed by atoms with Crippen molar-refractivity contribution < 1.29 is 34.1 Å². The number of amides is 2. The normalized spacial score (nSPS) is 14.7. The summed E-state index contributed by atoms with van der Waals surface area (Å²) in [5, 5.41) is 36.3. The van der Waals surface area contributed by atoms with Crippen LogP contribution in [0.4, 0.5) is 10.7 Å². The van der Waals surface area contributed by atoms with Gasteiger partial charge < -0.3 is 25.6 Å². The molecular weight excluding hydrogens is 576 g/mol. The van der Waals surface area contributed by atoms with Crippen molar-refractivity contribution in [3.8, 4) is 5.75 Å². The van der Waals surface area contributed by atoms with Crippen LogP contribution in [0.3, 0.4) is 0 Å². The minimum Gasteiger partial charge on any atom is -0.497 e. The number of aromatic carboxylic acids is 1. The summed E-state index contributed by atoms with van der Waals surface area (Å²) in [6.45, 7) is 2.40. The quantitative estimate of drug-likeness (QED) is 0.108. The molecule has 1 aliphatic heterocycles. The van der Waals surface area contributed by atoms with Crippen LogP contribution in [-0.2, 0) is 27.3 Å². The molecule has 2 amide bonds. The van der Waals surface area contributed by atoms with Crippen LogP contribution in [0.25, 0.3) is 0 Å². The number of thiophene rings is 1. The zero-order valence-electron chi connectivity index (χ0n) is 23.3. The number of hydrogen-bond acceptors (Lipinski definition) is 10. The number of carbonyl (C=O) groups excluding carboxylic acids is 2. The van der Waals surface area contributed by atoms with Crippen LogP contribution in [0.2, 0.25) is 0 Å². The van der Waals surface area contributed by atoms with Crippen molar-refractivity contribution in [2.45, 2.75) is 25.9 Å². The van der Waals surface area contributed by atoms with Crippen molar-refractivity contribution in [1.29, 1.82) is 5.41 Å². The summed E-state index contributed by atoms with van der Waals surface area (Å²) in [4.78, 5) is 50.9. The lowest BCUT2D eigenvalue weighted by Crippen LogP contribution is -2.43. The zero-order valence-corrected chi connectivity index (χ0v) is 24.2. The van der Waals surface area contributed by atoms with E-state index < -0.39 is 29.8 Å². The lowest BCUT2D eigenvalue weighted by atomic mass is 9.96. The maximum Gasteiger partial charge on any atom is 0.394 e. The number of benzene rings is 2. The van der Waals surface area contributed by atoms with E-state index in [1.807, 2.05) is 42.5 Å². The average molecular weight is 607 g/mol. The van der Waals surface area contributed by atoms with Gasteiger partial charge in [0.15, 0.2) is 0 Å². The number of para-hydroxylation sites is 1. The van der Waals surface area contributed by atoms with Crippen molar-refractivity contribution in [2.24, 2.45) is 5.10 Å². The highest BCUT2D eigenvalue weighted by atomic mass is 32.1. The lowest BCUT2D eigenvalue weighted by molar-refractivity contribution is -0.147. The molecule has 3 aromatic rings. The first-order valence-electron chi connectivity index (χ1n) is 13.1. The van der Waals surface area contributed by atoms with Gasteiger partial charge in [0.2, 0.25) is 0 Å². The molecule has 224 valence electrons. The topological polar surface area (TPSA) is 194 Å². The number of anilines is 2. The van der Waals surface area contributed by atoms with E-state index in [9.17, 15) is 24.3 Å². The minimum absolute atomic E-state index is 0.00957. The molecule has 0 saturated heterocycles. The molecule has 1 unspecified atom stereocenters. The van der Waals surface area contributed by atoms with Gasteiger partial charge in [-0.15, -0.1) is 11.3 Å². The summed E-state index contributed by atoms with van der Waals surface area (Å²) in [6.07, 6.45) is 0.323. The highest BCUT2D eigenvalue weighted by Crippen LogP contribution is 2.43. The zero-order chi connectivity index (χ0) is 31.1. The monoisotopic (exact) mass is 606 g/mol. The van der Waals surface area contributed by atoms with Crippen molar-refractivity contribution in [3.63, 3.8) is 0 Å². The fraction of sp³-hybridized carbons (Fsp3) is 0.241. The van der Waals surface area contributed by atoms with E-state index in [-0.39, 0.29) is 28.5 Å². The number of carboxylic acids is 2. The molecule has 2 heterocycles. The van der Waals surface area contributed by atoms with Crippen molar-refractivity contribution >= 4 is 57.2 Å². The summed E-state index contributed by atoms with van der Waals surface area (Å²) in [6, 6.07) is 16.0. The SMILES string of the molecule is COc1ccc(CN2CCc3c(sc(NC(=O)C(=O)O)c3C(=O)O)C2CNC(=O)C(=N)/C(C)=N\Nc2ccccc2)cc1. The molecule has 1 aromatic heterocycles. The number of nitrogens with zero attached hydrogens (tertiary/aromatic N) is 2. The molecule has 4 rings (SSSR count). The van der Waals surface area contributed by atoms with Gasteiger partial charge in [0, 0.05) is 24.5 Å². The van der Waals surface area contributed by atoms with Crippen LogP contribution in [0.1, 0.15) is 39.3 Å². The third-order valence-electron chi connectivity index (χ3n) is 6.78. The van der Waals surface area contributed by atoms with Gasteiger partial charge >= 0.3 is 17.8 Å². The number of rotatable bonds is 11. The Balaban J connectivity index is 1.59. The number of hydrazone groups is 1. The van der Waals surface area contributed by atoms with Gasteiger partial charge in [-0.1, -0.05) is 30.3 Å². The second-order valence-corrected chi connectivity index (χ2v) is 10.6. The average Bonchev–Trinajstić information content (AvgIpc) is 3.37. The van der Waals surface area contributed by atoms with Gasteiger partial charge in [-0.2, -0.15) is 5.10 Å². The van der Waals surface area contributed by atoms with Crippen LogP contribution >= 0.6 is 11.3 Å². The number of carbonyl (C=O) groups is 4. The first kappa shape index (κ1) is 30.9. The van der Waals surface area contributed by atoms with Crippen LogP contribution in [0.5, 0.6) is 5.75 Å². The molecule has 1 aliphatic rings. The van der Waals surface area contributed by atoms with Gasteiger partial charge in [-0.05, 0) is 48.7 Å². The maximum atomic E-state index is 13.0. The van der Waals surface area contributed by atoms with Gasteiger partial charge in [0.05, 0.1) is 30.1 Å². The Hall–Kier alpha value is -5.08. The predicted molar refractivity (Wildman–Crippen MR) is 161 cm³/mol. The summed E-state index contributed by atoms with van der Waals surface area (Å²) < 4.78 is 5.24. The van der Waals surface area contributed by atoms with E-state index in [4.69, 9.17) is 15.3 Å². The molecule has 14 heteroatoms. The number of ether oxygens (including phenoxy) is 1. The lowest BCUT2D eigenvalue weighted by Gasteiger charge is -2.36. The molecule has 0 saturated carbocycles. The Morgan fingerprint density at radius 3 is 2.40 bits per heavy atom. The molecule has 6 N–H and O–H groups in total. The largest absolute Gasteiger partial charge is 0.497 e. The third kappa shape index (κ3) is 7.42. The van der Waals surface area contributed by atoms with Crippen LogP contribution in [0.15, 0.2) is 59.7 Å². The van der Waals surface area contributed by atoms with Gasteiger partial charge in [-0.3, -0.25) is 25.3 Å². The summed E-state index contributed by atoms with van der Waals surface area (Å²) in [5.41, 5.74) is 4.53. The summed E-state index contributed by atoms with van der Waals surface area (Å²) in [7, 11) is 1.57. The predicted octanol–water partition coefficient (Wildman–Crippen LogP) is 3.20. The number of fused-ring (bicyclic) bond motifs is 1. The smallest absolute Gasteiger partial charge is 0.394 e. The highest BCUT2D eigenvalue weighted by Gasteiger charge is 2.36. The van der Waals surface area contributed by atoms with E-state index in [1.54, 1.807) is 19.2 Å². The molecule has 0 spiro atoms. The highest BCUT2D eigenvalue weighted by molar-refractivity contribution is 7.17. The Morgan fingerprint density at radius 1 is 1.07 bits per heavy atom. The number of carboxylic acid groups (broad SMARTS) is 2. The van der Waals surface area contributed by atoms with Gasteiger partial charge in [-0.25, -0.2) is 9.59 Å². The molecule has 1 atom stereocenters. The van der Waals surface area contributed by atoms with E-state index in [0.29, 0.717) is 41.4 Å². The fourth-order valence-electron chi connectivity index (χ4n) is 4.58. The van der Waals surface area contributed by atoms with Crippen LogP contribution in [-0.4, -0.2) is 70.5 Å². The van der Waals surface area contributed by atoms with E-state index in [2.05, 4.69) is 26.1 Å². The Labute approximate surface area is 250 Å². The fourth-order valence-corrected chi connectivity index (χ4v) is 5.96. The first-order valence-corrected chi connectivity index (χ1v) is 13.9. The van der Waals surface area contributed by atoms with E-state index in [1.165, 1.54) is 6.92 Å². The summed E-state index contributed by atoms with van der Waals surface area (Å²) >= 11 is 0.960. The van der Waals surface area contributed by atoms with Crippen LogP contribution in [0, 0.1) is 5.41 Å². The summed E-state index contributed by atoms with van der Waals surface area (Å²) in [5.74, 6) is -4.39. The molecule has 0 aliphatic carbocycles. The van der Waals surface area contributed by atoms with Crippen molar-refractivity contribution in [2.75, 3.05) is 30.9 Å². The molecule has 0 bridgehead atoms. The number of aliphatic carboxylic acids is 1. The van der Waals surface area contributed by atoms with Crippen LogP contribution < -0.4 is 20.8 Å². The first-order chi connectivity index (χ1) is 20.6. The maximum absolute atomic E-state index is 13.0. The molecule has 0 radical (unpaired) electrons. The van der Waals surface area contributed by atoms with Crippen molar-refractivity contribution in [3.05, 3.63) is 76.2 Å². The number of nitrogens with one attached hydrogen (secondary N) is 4. The van der Waals surface area contributed by atoms with Gasteiger partial charge in [0.1, 0.15) is 16.5 Å². The number of hydrogen-bond donors (Lipinski definition) is 6. The standard InChI is InChI=1S/C29H30N6O7S/c1-16(33-34-18-6-4-3-5-7-18)23(30)25(36)31-14-21-24-20(22(28(38)39)27(43-24)32-26(37)29(40)41)12-13-35(21)15-17-8-10-19(42-2)11-9-17/h3-11,21,30,34H,12-15H2,1-2H3,(H,31,36)(H,32,37)(H,38,39)(H,40,41)/b30-23?,33-16-. The van der Waals surface area contributed by atoms with E-state index in [0.717, 1.165) is 16.9 Å². The van der Waals surface area contributed by atoms with Gasteiger partial charge in [0.25, 0.3) is 5.91 Å².